The normalized spacial score (nSPS) is 27.0. The SMILES string of the molecule is O=C1CCC2CN(S(=O)(=O)c3ncccc3F)CCC2N1. The lowest BCUT2D eigenvalue weighted by molar-refractivity contribution is -0.124. The molecule has 6 nitrogen and oxygen atoms in total. The molecule has 1 aromatic rings. The molecule has 2 fully saturated rings. The van der Waals surface area contributed by atoms with Crippen LogP contribution in [0.5, 0.6) is 0 Å². The molecule has 0 aliphatic carbocycles. The van der Waals surface area contributed by atoms with Gasteiger partial charge in [-0.1, -0.05) is 0 Å². The van der Waals surface area contributed by atoms with Crippen LogP contribution in [0, 0.1) is 11.7 Å². The summed E-state index contributed by atoms with van der Waals surface area (Å²) < 4.78 is 39.9. The average Bonchev–Trinajstić information content (AvgIpc) is 2.47. The molecule has 114 valence electrons. The fraction of sp³-hybridized carbons (Fsp3) is 0.538. The van der Waals surface area contributed by atoms with Crippen LogP contribution in [0.1, 0.15) is 19.3 Å². The third-order valence-corrected chi connectivity index (χ3v) is 5.89. The van der Waals surface area contributed by atoms with E-state index in [4.69, 9.17) is 0 Å². The largest absolute Gasteiger partial charge is 0.353 e. The predicted octanol–water partition coefficient (Wildman–Crippen LogP) is 0.510. The molecule has 0 radical (unpaired) electrons. The van der Waals surface area contributed by atoms with Crippen molar-refractivity contribution in [2.24, 2.45) is 5.92 Å². The Morgan fingerprint density at radius 2 is 2.19 bits per heavy atom. The van der Waals surface area contributed by atoms with Crippen molar-refractivity contribution in [2.45, 2.75) is 30.3 Å². The molecule has 1 aromatic heterocycles. The zero-order chi connectivity index (χ0) is 15.0. The van der Waals surface area contributed by atoms with Crippen LogP contribution in [-0.2, 0) is 14.8 Å². The second kappa shape index (κ2) is 5.34. The van der Waals surface area contributed by atoms with Crippen LogP contribution in [0.4, 0.5) is 4.39 Å². The van der Waals surface area contributed by atoms with Crippen LogP contribution < -0.4 is 5.32 Å². The topological polar surface area (TPSA) is 79.4 Å². The summed E-state index contributed by atoms with van der Waals surface area (Å²) in [6, 6.07) is 2.47. The summed E-state index contributed by atoms with van der Waals surface area (Å²) in [7, 11) is -3.92. The van der Waals surface area contributed by atoms with Crippen molar-refractivity contribution in [1.82, 2.24) is 14.6 Å². The van der Waals surface area contributed by atoms with Gasteiger partial charge in [-0.3, -0.25) is 4.79 Å². The Labute approximate surface area is 122 Å². The van der Waals surface area contributed by atoms with E-state index in [0.29, 0.717) is 25.8 Å². The lowest BCUT2D eigenvalue weighted by Gasteiger charge is -2.40. The highest BCUT2D eigenvalue weighted by Crippen LogP contribution is 2.29. The van der Waals surface area contributed by atoms with Crippen molar-refractivity contribution in [1.29, 1.82) is 0 Å². The lowest BCUT2D eigenvalue weighted by atomic mass is 9.86. The molecule has 0 spiro atoms. The van der Waals surface area contributed by atoms with Gasteiger partial charge in [0.2, 0.25) is 10.9 Å². The van der Waals surface area contributed by atoms with Gasteiger partial charge in [-0.05, 0) is 30.9 Å². The van der Waals surface area contributed by atoms with Crippen molar-refractivity contribution in [3.05, 3.63) is 24.1 Å². The molecule has 2 aliphatic rings. The van der Waals surface area contributed by atoms with E-state index in [0.717, 1.165) is 6.07 Å². The molecule has 2 unspecified atom stereocenters. The van der Waals surface area contributed by atoms with E-state index in [1.807, 2.05) is 0 Å². The number of aromatic nitrogens is 1. The van der Waals surface area contributed by atoms with Crippen LogP contribution in [0.25, 0.3) is 0 Å². The monoisotopic (exact) mass is 313 g/mol. The fourth-order valence-electron chi connectivity index (χ4n) is 2.98. The Balaban J connectivity index is 1.82. The minimum Gasteiger partial charge on any atom is -0.353 e. The number of hydrogen-bond acceptors (Lipinski definition) is 4. The summed E-state index contributed by atoms with van der Waals surface area (Å²) in [5.41, 5.74) is 0. The zero-order valence-electron chi connectivity index (χ0n) is 11.3. The Kier molecular flexibility index (Phi) is 3.66. The van der Waals surface area contributed by atoms with Gasteiger partial charge in [0.05, 0.1) is 0 Å². The molecule has 0 bridgehead atoms. The van der Waals surface area contributed by atoms with E-state index in [1.165, 1.54) is 16.6 Å². The molecular formula is C13H16FN3O3S. The van der Waals surface area contributed by atoms with E-state index < -0.39 is 20.9 Å². The molecule has 1 amide bonds. The molecule has 8 heteroatoms. The minimum absolute atomic E-state index is 0.0170. The first-order valence-electron chi connectivity index (χ1n) is 6.88. The third kappa shape index (κ3) is 2.65. The van der Waals surface area contributed by atoms with Crippen molar-refractivity contribution in [3.63, 3.8) is 0 Å². The van der Waals surface area contributed by atoms with Gasteiger partial charge in [-0.2, -0.15) is 4.31 Å². The van der Waals surface area contributed by atoms with E-state index in [-0.39, 0.29) is 24.4 Å². The van der Waals surface area contributed by atoms with E-state index in [2.05, 4.69) is 10.3 Å². The van der Waals surface area contributed by atoms with Gasteiger partial charge in [-0.25, -0.2) is 17.8 Å². The molecule has 0 aromatic carbocycles. The van der Waals surface area contributed by atoms with Crippen LogP contribution in [0.2, 0.25) is 0 Å². The van der Waals surface area contributed by atoms with Gasteiger partial charge in [0.25, 0.3) is 10.0 Å². The second-order valence-electron chi connectivity index (χ2n) is 5.41. The average molecular weight is 313 g/mol. The van der Waals surface area contributed by atoms with E-state index in [1.54, 1.807) is 0 Å². The molecule has 3 heterocycles. The fourth-order valence-corrected chi connectivity index (χ4v) is 4.47. The maximum atomic E-state index is 13.7. The lowest BCUT2D eigenvalue weighted by Crippen LogP contribution is -2.55. The molecule has 3 rings (SSSR count). The summed E-state index contributed by atoms with van der Waals surface area (Å²) in [6.07, 6.45) is 2.88. The van der Waals surface area contributed by atoms with Gasteiger partial charge >= 0.3 is 0 Å². The Hall–Kier alpha value is -1.54. The quantitative estimate of drug-likeness (QED) is 0.863. The number of carbonyl (C=O) groups is 1. The number of pyridine rings is 1. The molecule has 21 heavy (non-hydrogen) atoms. The Bertz CT molecular complexity index is 664. The van der Waals surface area contributed by atoms with Gasteiger partial charge in [0.15, 0.2) is 5.82 Å². The van der Waals surface area contributed by atoms with Crippen LogP contribution in [-0.4, -0.2) is 42.7 Å². The zero-order valence-corrected chi connectivity index (χ0v) is 12.1. The van der Waals surface area contributed by atoms with Crippen LogP contribution in [0.3, 0.4) is 0 Å². The van der Waals surface area contributed by atoms with Crippen molar-refractivity contribution < 1.29 is 17.6 Å². The third-order valence-electron chi connectivity index (χ3n) is 4.09. The number of hydrogen-bond donors (Lipinski definition) is 1. The van der Waals surface area contributed by atoms with Crippen LogP contribution >= 0.6 is 0 Å². The standard InChI is InChI=1S/C13H16FN3O3S/c14-10-2-1-6-15-13(10)21(19,20)17-7-5-11-9(8-17)3-4-12(18)16-11/h1-2,6,9,11H,3-5,7-8H2,(H,16,18). The van der Waals surface area contributed by atoms with Crippen molar-refractivity contribution in [3.8, 4) is 0 Å². The smallest absolute Gasteiger partial charge is 0.263 e. The molecular weight excluding hydrogens is 297 g/mol. The summed E-state index contributed by atoms with van der Waals surface area (Å²) in [6.45, 7) is 0.559. The molecule has 1 N–H and O–H groups in total. The highest BCUT2D eigenvalue weighted by Gasteiger charge is 2.39. The Morgan fingerprint density at radius 1 is 1.38 bits per heavy atom. The first-order chi connectivity index (χ1) is 9.98. The Morgan fingerprint density at radius 3 is 2.95 bits per heavy atom. The van der Waals surface area contributed by atoms with E-state index >= 15 is 0 Å². The predicted molar refractivity (Wildman–Crippen MR) is 72.2 cm³/mol. The number of fused-ring (bicyclic) bond motifs is 1. The van der Waals surface area contributed by atoms with Crippen molar-refractivity contribution >= 4 is 15.9 Å². The molecule has 2 atom stereocenters. The highest BCUT2D eigenvalue weighted by atomic mass is 32.2. The number of nitrogens with one attached hydrogen (secondary N) is 1. The van der Waals surface area contributed by atoms with Crippen molar-refractivity contribution in [2.75, 3.05) is 13.1 Å². The van der Waals surface area contributed by atoms with Gasteiger partial charge < -0.3 is 5.32 Å². The number of amides is 1. The maximum Gasteiger partial charge on any atom is 0.263 e. The molecule has 2 aliphatic heterocycles. The van der Waals surface area contributed by atoms with E-state index in [9.17, 15) is 17.6 Å². The van der Waals surface area contributed by atoms with Gasteiger partial charge in [-0.15, -0.1) is 0 Å². The first-order valence-corrected chi connectivity index (χ1v) is 8.32. The number of piperidine rings is 2. The van der Waals surface area contributed by atoms with Gasteiger partial charge in [0.1, 0.15) is 0 Å². The summed E-state index contributed by atoms with van der Waals surface area (Å²) in [5, 5.41) is 2.37. The number of rotatable bonds is 2. The van der Waals surface area contributed by atoms with Gasteiger partial charge in [0, 0.05) is 31.7 Å². The first kappa shape index (κ1) is 14.4. The minimum atomic E-state index is -3.92. The highest BCUT2D eigenvalue weighted by molar-refractivity contribution is 7.89. The molecule has 2 saturated heterocycles. The summed E-state index contributed by atoms with van der Waals surface area (Å²) >= 11 is 0. The second-order valence-corrected chi connectivity index (χ2v) is 7.27. The number of carbonyl (C=O) groups excluding carboxylic acids is 1. The summed E-state index contributed by atoms with van der Waals surface area (Å²) in [5.74, 6) is -0.738. The number of halogens is 1. The van der Waals surface area contributed by atoms with Crippen LogP contribution in [0.15, 0.2) is 23.4 Å². The maximum absolute atomic E-state index is 13.7. The number of sulfonamides is 1. The summed E-state index contributed by atoms with van der Waals surface area (Å²) in [4.78, 5) is 15.0. The number of nitrogens with zero attached hydrogens (tertiary/aromatic N) is 2. The molecule has 0 saturated carbocycles.